The van der Waals surface area contributed by atoms with Crippen molar-refractivity contribution in [1.82, 2.24) is 0 Å². The number of Topliss-reactive ketones (excluding diaryl/α,β-unsaturated/α-hetero) is 1. The van der Waals surface area contributed by atoms with Crippen molar-refractivity contribution in [3.63, 3.8) is 0 Å². The number of nitrogens with one attached hydrogen (secondary N) is 2. The van der Waals surface area contributed by atoms with E-state index < -0.39 is 16.9 Å². The highest BCUT2D eigenvalue weighted by Gasteiger charge is 2.36. The number of carbonyl (C=O) groups excluding carboxylic acids is 2. The molecule has 1 aliphatic rings. The molecular formula is C30H28ClN3O5. The molecule has 1 amide bonds. The maximum atomic E-state index is 13.7. The number of benzene rings is 2. The molecule has 0 spiro atoms. The van der Waals surface area contributed by atoms with Crippen molar-refractivity contribution in [2.75, 3.05) is 15.5 Å². The van der Waals surface area contributed by atoms with Crippen LogP contribution in [0.5, 0.6) is 0 Å². The minimum absolute atomic E-state index is 0.0671. The van der Waals surface area contributed by atoms with Gasteiger partial charge in [-0.05, 0) is 55.7 Å². The minimum atomic E-state index is -0.686. The van der Waals surface area contributed by atoms with E-state index in [0.717, 1.165) is 5.76 Å². The lowest BCUT2D eigenvalue weighted by Crippen LogP contribution is -2.39. The maximum absolute atomic E-state index is 13.7. The highest BCUT2D eigenvalue weighted by atomic mass is 35.5. The molecule has 200 valence electrons. The molecular weight excluding hydrogens is 518 g/mol. The van der Waals surface area contributed by atoms with Gasteiger partial charge in [0.25, 0.3) is 16.8 Å². The Hall–Kier alpha value is -4.17. The Morgan fingerprint density at radius 2 is 1.69 bits per heavy atom. The summed E-state index contributed by atoms with van der Waals surface area (Å²) in [7, 11) is 0. The molecule has 0 aliphatic carbocycles. The van der Waals surface area contributed by atoms with Gasteiger partial charge >= 0.3 is 0 Å². The van der Waals surface area contributed by atoms with Crippen LogP contribution in [0.3, 0.4) is 0 Å². The summed E-state index contributed by atoms with van der Waals surface area (Å²) in [4.78, 5) is 52.8. The first kappa shape index (κ1) is 26.4. The van der Waals surface area contributed by atoms with Crippen LogP contribution in [0, 0.1) is 12.3 Å². The molecule has 0 bridgehead atoms. The molecule has 5 rings (SSSR count). The lowest BCUT2D eigenvalue weighted by molar-refractivity contribution is 0.0997. The van der Waals surface area contributed by atoms with Crippen molar-refractivity contribution < 1.29 is 14.0 Å². The number of nitrogens with zero attached hydrogens (tertiary/aromatic N) is 1. The summed E-state index contributed by atoms with van der Waals surface area (Å²) in [5, 5.41) is 6.63. The molecule has 3 aromatic carbocycles. The Bertz CT molecular complexity index is 1700. The second-order valence-electron chi connectivity index (χ2n) is 10.8. The van der Waals surface area contributed by atoms with Crippen molar-refractivity contribution in [3.8, 4) is 0 Å². The molecule has 1 aromatic heterocycles. The minimum Gasteiger partial charge on any atom is -0.464 e. The van der Waals surface area contributed by atoms with Crippen molar-refractivity contribution in [2.24, 2.45) is 5.41 Å². The van der Waals surface area contributed by atoms with E-state index in [2.05, 4.69) is 10.6 Å². The van der Waals surface area contributed by atoms with Crippen molar-refractivity contribution >= 4 is 46.0 Å². The van der Waals surface area contributed by atoms with Gasteiger partial charge in [0.15, 0.2) is 5.78 Å². The van der Waals surface area contributed by atoms with E-state index in [4.69, 9.17) is 16.0 Å². The predicted molar refractivity (Wildman–Crippen MR) is 152 cm³/mol. The standard InChI is InChI=1S/C30H28ClN3O5/c1-15-10-13-22(39-15)28(30(3,4)5)33-25-24(26(36)27(25)37)32-20-12-11-19(31)18-14-34(29(38)23(18)20)21-9-7-6-8-17(21)16(2)35/h6-13,28,32-33H,14H2,1-5H3/t28-/m0/s1. The van der Waals surface area contributed by atoms with Crippen LogP contribution >= 0.6 is 11.6 Å². The fourth-order valence-electron chi connectivity index (χ4n) is 4.94. The fourth-order valence-corrected chi connectivity index (χ4v) is 5.16. The number of para-hydroxylation sites is 1. The number of rotatable bonds is 7. The van der Waals surface area contributed by atoms with Gasteiger partial charge in [0.2, 0.25) is 0 Å². The third-order valence-electron chi connectivity index (χ3n) is 6.98. The zero-order chi connectivity index (χ0) is 28.2. The molecule has 2 heterocycles. The Morgan fingerprint density at radius 1 is 1.00 bits per heavy atom. The summed E-state index contributed by atoms with van der Waals surface area (Å²) in [6.45, 7) is 9.44. The van der Waals surface area contributed by atoms with E-state index in [1.165, 1.54) is 11.8 Å². The molecule has 0 saturated carbocycles. The fraction of sp³-hybridized carbons (Fsp3) is 0.267. The summed E-state index contributed by atoms with van der Waals surface area (Å²) in [6, 6.07) is 13.4. The van der Waals surface area contributed by atoms with Crippen molar-refractivity contribution in [2.45, 2.75) is 47.2 Å². The Kier molecular flexibility index (Phi) is 6.47. The molecule has 0 radical (unpaired) electrons. The van der Waals surface area contributed by atoms with Crippen LogP contribution in [0.15, 0.2) is 62.5 Å². The van der Waals surface area contributed by atoms with Crippen LogP contribution in [0.1, 0.15) is 71.5 Å². The molecule has 2 N–H and O–H groups in total. The van der Waals surface area contributed by atoms with Gasteiger partial charge in [0.1, 0.15) is 22.9 Å². The summed E-state index contributed by atoms with van der Waals surface area (Å²) in [5.74, 6) is 0.839. The lowest BCUT2D eigenvalue weighted by Gasteiger charge is -2.31. The van der Waals surface area contributed by atoms with Crippen LogP contribution in [-0.4, -0.2) is 11.7 Å². The summed E-state index contributed by atoms with van der Waals surface area (Å²) < 4.78 is 5.83. The van der Waals surface area contributed by atoms with Crippen LogP contribution in [-0.2, 0) is 6.54 Å². The first-order valence-corrected chi connectivity index (χ1v) is 12.9. The molecule has 9 heteroatoms. The first-order valence-electron chi connectivity index (χ1n) is 12.5. The van der Waals surface area contributed by atoms with Crippen LogP contribution in [0.4, 0.5) is 22.7 Å². The highest BCUT2D eigenvalue weighted by Crippen LogP contribution is 2.41. The van der Waals surface area contributed by atoms with Gasteiger partial charge in [-0.25, -0.2) is 0 Å². The molecule has 0 unspecified atom stereocenters. The van der Waals surface area contributed by atoms with E-state index in [-0.39, 0.29) is 40.6 Å². The molecule has 1 aliphatic heterocycles. The number of hydrogen-bond acceptors (Lipinski definition) is 7. The summed E-state index contributed by atoms with van der Waals surface area (Å²) in [6.07, 6.45) is 0. The van der Waals surface area contributed by atoms with E-state index in [0.29, 0.717) is 33.3 Å². The largest absolute Gasteiger partial charge is 0.464 e. The number of furan rings is 1. The van der Waals surface area contributed by atoms with E-state index >= 15 is 0 Å². The normalized spacial score (nSPS) is 14.0. The second kappa shape index (κ2) is 9.54. The Morgan fingerprint density at radius 3 is 2.33 bits per heavy atom. The molecule has 8 nitrogen and oxygen atoms in total. The number of aryl methyl sites for hydroxylation is 1. The van der Waals surface area contributed by atoms with Gasteiger partial charge < -0.3 is 20.0 Å². The third kappa shape index (κ3) is 4.55. The molecule has 1 atom stereocenters. The van der Waals surface area contributed by atoms with Gasteiger partial charge in [-0.15, -0.1) is 0 Å². The second-order valence-corrected chi connectivity index (χ2v) is 11.2. The number of ketones is 1. The number of anilines is 4. The third-order valence-corrected chi connectivity index (χ3v) is 7.33. The number of carbonyl (C=O) groups is 2. The molecule has 0 fully saturated rings. The summed E-state index contributed by atoms with van der Waals surface area (Å²) >= 11 is 6.49. The predicted octanol–water partition coefficient (Wildman–Crippen LogP) is 6.14. The van der Waals surface area contributed by atoms with Gasteiger partial charge in [-0.1, -0.05) is 44.5 Å². The van der Waals surface area contributed by atoms with Crippen LogP contribution in [0.2, 0.25) is 5.02 Å². The van der Waals surface area contributed by atoms with E-state index in [1.54, 1.807) is 36.4 Å². The molecule has 0 saturated heterocycles. The first-order chi connectivity index (χ1) is 18.4. The maximum Gasteiger partial charge on any atom is 0.261 e. The van der Waals surface area contributed by atoms with Crippen molar-refractivity contribution in [3.05, 3.63) is 102 Å². The van der Waals surface area contributed by atoms with Crippen molar-refractivity contribution in [1.29, 1.82) is 0 Å². The van der Waals surface area contributed by atoms with E-state index in [9.17, 15) is 19.2 Å². The Labute approximate surface area is 230 Å². The number of amides is 1. The average Bonchev–Trinajstić information content (AvgIpc) is 3.47. The van der Waals surface area contributed by atoms with Gasteiger partial charge in [0, 0.05) is 16.1 Å². The number of hydrogen-bond donors (Lipinski definition) is 2. The summed E-state index contributed by atoms with van der Waals surface area (Å²) in [5.41, 5.74) is 0.594. The highest BCUT2D eigenvalue weighted by molar-refractivity contribution is 6.33. The SMILES string of the molecule is CC(=O)c1ccccc1N1Cc2c(Cl)ccc(Nc3c(N[C@@H](c4ccc(C)o4)C(C)(C)C)c(=O)c3=O)c2C1=O. The van der Waals surface area contributed by atoms with Gasteiger partial charge in [-0.3, -0.25) is 19.2 Å². The zero-order valence-corrected chi connectivity index (χ0v) is 23.0. The zero-order valence-electron chi connectivity index (χ0n) is 22.3. The number of halogens is 1. The van der Waals surface area contributed by atoms with E-state index in [1.807, 2.05) is 39.8 Å². The smallest absolute Gasteiger partial charge is 0.261 e. The van der Waals surface area contributed by atoms with Crippen LogP contribution in [0.25, 0.3) is 0 Å². The van der Waals surface area contributed by atoms with Gasteiger partial charge in [-0.2, -0.15) is 0 Å². The monoisotopic (exact) mass is 545 g/mol. The van der Waals surface area contributed by atoms with Gasteiger partial charge in [0.05, 0.1) is 29.5 Å². The van der Waals surface area contributed by atoms with Crippen LogP contribution < -0.4 is 26.4 Å². The molecule has 39 heavy (non-hydrogen) atoms. The lowest BCUT2D eigenvalue weighted by atomic mass is 9.85. The molecule has 4 aromatic rings. The number of fused-ring (bicyclic) bond motifs is 1. The average molecular weight is 546 g/mol. The Balaban J connectivity index is 1.51. The quantitative estimate of drug-likeness (QED) is 0.212. The topological polar surface area (TPSA) is 109 Å².